The molecule has 0 saturated carbocycles. The van der Waals surface area contributed by atoms with Crippen LogP contribution in [0.1, 0.15) is 38.5 Å². The van der Waals surface area contributed by atoms with Crippen molar-refractivity contribution >= 4 is 34.1 Å². The van der Waals surface area contributed by atoms with Gasteiger partial charge in [-0.15, -0.1) is 0 Å². The van der Waals surface area contributed by atoms with Crippen molar-refractivity contribution in [1.82, 2.24) is 0 Å². The quantitative estimate of drug-likeness (QED) is 0.468. The Kier molecular flexibility index (Phi) is 10.7. The van der Waals surface area contributed by atoms with E-state index in [1.165, 1.54) is 0 Å². The van der Waals surface area contributed by atoms with Gasteiger partial charge in [0.2, 0.25) is 0 Å². The smallest absolute Gasteiger partial charge is 0.403 e. The van der Waals surface area contributed by atoms with Crippen molar-refractivity contribution in [2.24, 2.45) is 0 Å². The molecule has 0 spiro atoms. The van der Waals surface area contributed by atoms with Crippen molar-refractivity contribution in [1.29, 1.82) is 0 Å². The summed E-state index contributed by atoms with van der Waals surface area (Å²) in [5.74, 6) is 0. The van der Waals surface area contributed by atoms with E-state index >= 15 is 0 Å². The van der Waals surface area contributed by atoms with Crippen LogP contribution < -0.4 is 0 Å². The van der Waals surface area contributed by atoms with Gasteiger partial charge in [-0.2, -0.15) is 0 Å². The normalized spacial score (nSPS) is 9.88. The highest BCUT2D eigenvalue weighted by molar-refractivity contribution is 6.61. The molecule has 0 aliphatic carbocycles. The lowest BCUT2D eigenvalue weighted by Crippen LogP contribution is -1.97. The molecular weight excluding hydrogens is 255 g/mol. The highest BCUT2D eigenvalue weighted by atomic mass is 35.5. The minimum absolute atomic E-state index is 0.381. The highest BCUT2D eigenvalue weighted by Crippen LogP contribution is 2.06. The highest BCUT2D eigenvalue weighted by Gasteiger charge is 1.97. The molecule has 0 amide bonds. The minimum atomic E-state index is -0.747. The Balaban J connectivity index is 2.98. The Morgan fingerprint density at radius 2 is 1.00 bits per heavy atom. The second-order valence-corrected chi connectivity index (χ2v) is 3.91. The van der Waals surface area contributed by atoms with Gasteiger partial charge in [0.25, 0.3) is 0 Å². The van der Waals surface area contributed by atoms with Gasteiger partial charge in [0, 0.05) is 23.2 Å². The van der Waals surface area contributed by atoms with E-state index in [1.54, 1.807) is 0 Å². The Hall–Kier alpha value is -0.480. The number of hydrogen-bond acceptors (Lipinski definition) is 4. The molecule has 0 rings (SSSR count). The summed E-state index contributed by atoms with van der Waals surface area (Å²) < 4.78 is 9.14. The number of rotatable bonds is 9. The van der Waals surface area contributed by atoms with Gasteiger partial charge in [0.1, 0.15) is 0 Å². The summed E-state index contributed by atoms with van der Waals surface area (Å²) in [5, 5.41) is 0. The summed E-state index contributed by atoms with van der Waals surface area (Å²) >= 11 is 9.97. The molecule has 0 radical (unpaired) electrons. The van der Waals surface area contributed by atoms with E-state index in [1.807, 2.05) is 0 Å². The molecule has 16 heavy (non-hydrogen) atoms. The molecule has 0 aliphatic heterocycles. The van der Waals surface area contributed by atoms with Gasteiger partial charge in [-0.3, -0.25) is 0 Å². The van der Waals surface area contributed by atoms with Gasteiger partial charge in [-0.05, 0) is 12.8 Å². The molecule has 0 heterocycles. The first-order valence-electron chi connectivity index (χ1n) is 5.27. The second-order valence-electron chi connectivity index (χ2n) is 3.29. The first-order chi connectivity index (χ1) is 7.63. The van der Waals surface area contributed by atoms with Crippen LogP contribution in [-0.4, -0.2) is 24.1 Å². The van der Waals surface area contributed by atoms with Crippen molar-refractivity contribution < 1.29 is 19.1 Å². The van der Waals surface area contributed by atoms with Crippen LogP contribution in [0.25, 0.3) is 0 Å². The molecule has 0 fully saturated rings. The van der Waals surface area contributed by atoms with Crippen LogP contribution in [0.5, 0.6) is 0 Å². The minimum Gasteiger partial charge on any atom is -0.454 e. The average Bonchev–Trinajstić information content (AvgIpc) is 2.20. The van der Waals surface area contributed by atoms with Crippen LogP contribution in [0.4, 0.5) is 9.59 Å². The predicted molar refractivity (Wildman–Crippen MR) is 62.1 cm³/mol. The summed E-state index contributed by atoms with van der Waals surface area (Å²) in [6.07, 6.45) is 5.78. The SMILES string of the molecule is O=C(Cl)OCCCCCCCCOC(=O)Cl. The van der Waals surface area contributed by atoms with Crippen molar-refractivity contribution in [2.45, 2.75) is 38.5 Å². The molecule has 0 aromatic carbocycles. The fourth-order valence-electron chi connectivity index (χ4n) is 1.22. The zero-order valence-corrected chi connectivity index (χ0v) is 10.6. The molecule has 94 valence electrons. The number of carbonyl (C=O) groups is 2. The molecule has 4 nitrogen and oxygen atoms in total. The van der Waals surface area contributed by atoms with E-state index in [0.29, 0.717) is 13.2 Å². The van der Waals surface area contributed by atoms with Crippen LogP contribution >= 0.6 is 23.2 Å². The molecule has 0 atom stereocenters. The van der Waals surface area contributed by atoms with Crippen molar-refractivity contribution in [3.05, 3.63) is 0 Å². The fourth-order valence-corrected chi connectivity index (χ4v) is 1.37. The standard InChI is InChI=1S/C10H16Cl2O4/c11-9(13)15-7-5-3-1-2-4-6-8-16-10(12)14/h1-8H2. The molecule has 0 aromatic rings. The zero-order valence-electron chi connectivity index (χ0n) is 9.05. The van der Waals surface area contributed by atoms with Crippen LogP contribution in [0.2, 0.25) is 0 Å². The molecule has 0 saturated heterocycles. The first kappa shape index (κ1) is 15.5. The number of hydrogen-bond donors (Lipinski definition) is 0. The lowest BCUT2D eigenvalue weighted by molar-refractivity contribution is 0.168. The van der Waals surface area contributed by atoms with E-state index in [0.717, 1.165) is 38.5 Å². The van der Waals surface area contributed by atoms with Gasteiger partial charge in [-0.1, -0.05) is 25.7 Å². The van der Waals surface area contributed by atoms with E-state index in [4.69, 9.17) is 23.2 Å². The first-order valence-corrected chi connectivity index (χ1v) is 6.03. The average molecular weight is 271 g/mol. The van der Waals surface area contributed by atoms with Crippen LogP contribution in [0, 0.1) is 0 Å². The van der Waals surface area contributed by atoms with Crippen molar-refractivity contribution in [3.8, 4) is 0 Å². The van der Waals surface area contributed by atoms with E-state index < -0.39 is 10.9 Å². The van der Waals surface area contributed by atoms with E-state index in [-0.39, 0.29) is 0 Å². The molecular formula is C10H16Cl2O4. The maximum Gasteiger partial charge on any atom is 0.403 e. The largest absolute Gasteiger partial charge is 0.454 e. The van der Waals surface area contributed by atoms with E-state index in [9.17, 15) is 9.59 Å². The second kappa shape index (κ2) is 11.0. The van der Waals surface area contributed by atoms with Gasteiger partial charge in [0.15, 0.2) is 0 Å². The zero-order chi connectivity index (χ0) is 12.2. The van der Waals surface area contributed by atoms with Gasteiger partial charge >= 0.3 is 10.9 Å². The maximum atomic E-state index is 10.2. The Bertz CT molecular complexity index is 187. The topological polar surface area (TPSA) is 52.6 Å². The molecule has 0 unspecified atom stereocenters. The molecule has 0 bridgehead atoms. The van der Waals surface area contributed by atoms with Crippen molar-refractivity contribution in [3.63, 3.8) is 0 Å². The summed E-state index contributed by atoms with van der Waals surface area (Å²) in [7, 11) is 0. The Labute approximate surface area is 105 Å². The molecule has 0 aliphatic rings. The van der Waals surface area contributed by atoms with Crippen molar-refractivity contribution in [2.75, 3.05) is 13.2 Å². The van der Waals surface area contributed by atoms with Gasteiger partial charge in [-0.25, -0.2) is 9.59 Å². The Morgan fingerprint density at radius 1 is 0.688 bits per heavy atom. The Morgan fingerprint density at radius 3 is 1.31 bits per heavy atom. The third kappa shape index (κ3) is 13.5. The summed E-state index contributed by atoms with van der Waals surface area (Å²) in [6, 6.07) is 0. The van der Waals surface area contributed by atoms with Crippen LogP contribution in [0.3, 0.4) is 0 Å². The third-order valence-electron chi connectivity index (χ3n) is 1.97. The predicted octanol–water partition coefficient (Wildman–Crippen LogP) is 4.08. The molecule has 6 heteroatoms. The fraction of sp³-hybridized carbons (Fsp3) is 0.800. The van der Waals surface area contributed by atoms with Crippen LogP contribution in [0.15, 0.2) is 0 Å². The third-order valence-corrected chi connectivity index (χ3v) is 2.19. The van der Waals surface area contributed by atoms with Crippen LogP contribution in [-0.2, 0) is 9.47 Å². The maximum absolute atomic E-state index is 10.2. The van der Waals surface area contributed by atoms with E-state index in [2.05, 4.69) is 9.47 Å². The number of carbonyl (C=O) groups excluding carboxylic acids is 2. The lowest BCUT2D eigenvalue weighted by atomic mass is 10.1. The summed E-state index contributed by atoms with van der Waals surface area (Å²) in [5.41, 5.74) is -1.49. The van der Waals surface area contributed by atoms with Gasteiger partial charge < -0.3 is 9.47 Å². The van der Waals surface area contributed by atoms with Gasteiger partial charge in [0.05, 0.1) is 13.2 Å². The number of unbranched alkanes of at least 4 members (excludes halogenated alkanes) is 5. The molecule has 0 aromatic heterocycles. The number of halogens is 2. The summed E-state index contributed by atoms with van der Waals surface area (Å²) in [4.78, 5) is 20.4. The summed E-state index contributed by atoms with van der Waals surface area (Å²) in [6.45, 7) is 0.762. The monoisotopic (exact) mass is 270 g/mol. The lowest BCUT2D eigenvalue weighted by Gasteiger charge is -2.02. The molecule has 0 N–H and O–H groups in total. The number of ether oxygens (including phenoxy) is 2.